The van der Waals surface area contributed by atoms with Crippen LogP contribution in [0.4, 0.5) is 0 Å². The summed E-state index contributed by atoms with van der Waals surface area (Å²) in [7, 11) is -0.662. The number of hydrogen-bond acceptors (Lipinski definition) is 0. The van der Waals surface area contributed by atoms with Crippen molar-refractivity contribution in [2.24, 2.45) is 10.8 Å². The standard InChI is InChI=1S/2C23H27.C12H9Si.Zr/c2*1-6-16(2)19-11-7-8-12-20(19)21-13-9-10-17-14-18(15-22(17)21)23(3,4)5;1-3-7-11-9(5-1)10-6-2-4-8-12(10)13-11;/h2*7-16H,6H2,1-5H3;1-7H,13H2;. The van der Waals surface area contributed by atoms with Crippen LogP contribution >= 0.6 is 0 Å². The third-order valence-corrected chi connectivity index (χ3v) is 26.2. The average Bonchev–Trinajstić information content (AvgIpc) is 3.96. The van der Waals surface area contributed by atoms with Crippen molar-refractivity contribution in [1.29, 1.82) is 0 Å². The van der Waals surface area contributed by atoms with Crippen LogP contribution in [0.1, 0.15) is 135 Å². The van der Waals surface area contributed by atoms with Gasteiger partial charge < -0.3 is 0 Å². The topological polar surface area (TPSA) is 0 Å². The summed E-state index contributed by atoms with van der Waals surface area (Å²) in [5.74, 6) is 0.998. The van der Waals surface area contributed by atoms with Crippen LogP contribution in [0.5, 0.6) is 0 Å². The molecule has 303 valence electrons. The maximum absolute atomic E-state index is 3.02. The van der Waals surface area contributed by atoms with Crippen molar-refractivity contribution in [1.82, 2.24) is 0 Å². The van der Waals surface area contributed by atoms with Gasteiger partial charge in [0.2, 0.25) is 0 Å². The summed E-state index contributed by atoms with van der Waals surface area (Å²) in [6, 6.07) is 50.2. The van der Waals surface area contributed by atoms with E-state index in [4.69, 9.17) is 0 Å². The zero-order chi connectivity index (χ0) is 42.1. The molecule has 0 radical (unpaired) electrons. The summed E-state index contributed by atoms with van der Waals surface area (Å²) in [5, 5.41) is 3.36. The predicted octanol–water partition coefficient (Wildman–Crippen LogP) is 13.8. The van der Waals surface area contributed by atoms with Crippen LogP contribution in [0.15, 0.2) is 139 Å². The molecule has 1 aliphatic heterocycles. The van der Waals surface area contributed by atoms with Gasteiger partial charge in [0.15, 0.2) is 0 Å². The summed E-state index contributed by atoms with van der Waals surface area (Å²) in [4.78, 5) is 0. The minimum absolute atomic E-state index is 0.00542. The van der Waals surface area contributed by atoms with Crippen LogP contribution in [0.25, 0.3) is 45.5 Å². The second-order valence-electron chi connectivity index (χ2n) is 20.1. The molecule has 60 heavy (non-hydrogen) atoms. The molecule has 6 aromatic rings. The fourth-order valence-corrected chi connectivity index (χ4v) is 26.0. The Bertz CT molecular complexity index is 2540. The fourth-order valence-electron chi connectivity index (χ4n) is 10.9. The van der Waals surface area contributed by atoms with Crippen LogP contribution in [-0.2, 0) is 21.8 Å². The molecule has 0 spiro atoms. The van der Waals surface area contributed by atoms with Crippen molar-refractivity contribution in [2.75, 3.05) is 0 Å². The van der Waals surface area contributed by atoms with E-state index in [-0.39, 0.29) is 10.8 Å². The normalized spacial score (nSPS) is 18.0. The van der Waals surface area contributed by atoms with Gasteiger partial charge in [-0.2, -0.15) is 0 Å². The van der Waals surface area contributed by atoms with E-state index in [9.17, 15) is 0 Å². The fraction of sp³-hybridized carbons (Fsp3) is 0.310. The third kappa shape index (κ3) is 6.99. The Morgan fingerprint density at radius 3 is 1.38 bits per heavy atom. The van der Waals surface area contributed by atoms with Gasteiger partial charge in [0.05, 0.1) is 0 Å². The number of benzene rings is 6. The van der Waals surface area contributed by atoms with Gasteiger partial charge in [-0.3, -0.25) is 0 Å². The van der Waals surface area contributed by atoms with E-state index in [1.54, 1.807) is 35.9 Å². The molecule has 0 aromatic heterocycles. The first-order chi connectivity index (χ1) is 28.8. The predicted molar refractivity (Wildman–Crippen MR) is 261 cm³/mol. The van der Waals surface area contributed by atoms with Crippen LogP contribution in [-0.4, -0.2) is 9.52 Å². The molecule has 0 saturated heterocycles. The number of hydrogen-bond donors (Lipinski definition) is 0. The Labute approximate surface area is 371 Å². The second-order valence-corrected chi connectivity index (χ2v) is 28.3. The van der Waals surface area contributed by atoms with Crippen LogP contribution < -0.4 is 13.6 Å². The van der Waals surface area contributed by atoms with Crippen LogP contribution in [0.2, 0.25) is 0 Å². The van der Waals surface area contributed by atoms with Crippen LogP contribution in [0, 0.1) is 10.8 Å². The molecule has 2 aliphatic carbocycles. The van der Waals surface area contributed by atoms with Gasteiger partial charge in [0.25, 0.3) is 0 Å². The van der Waals surface area contributed by atoms with Crippen molar-refractivity contribution >= 4 is 35.3 Å². The van der Waals surface area contributed by atoms with Gasteiger partial charge >= 0.3 is 374 Å². The molecule has 1 heterocycles. The van der Waals surface area contributed by atoms with Crippen LogP contribution in [0.3, 0.4) is 0 Å². The van der Waals surface area contributed by atoms with E-state index >= 15 is 0 Å². The summed E-state index contributed by atoms with van der Waals surface area (Å²) in [5.41, 5.74) is 21.0. The molecule has 0 N–H and O–H groups in total. The van der Waals surface area contributed by atoms with Gasteiger partial charge in [0.1, 0.15) is 0 Å². The molecule has 0 nitrogen and oxygen atoms in total. The molecule has 0 fully saturated rings. The average molecular weight is 879 g/mol. The molecule has 3 aliphatic rings. The van der Waals surface area contributed by atoms with E-state index < -0.39 is 31.3 Å². The number of allylic oxidation sites excluding steroid dienone is 2. The van der Waals surface area contributed by atoms with Crippen molar-refractivity contribution in [3.63, 3.8) is 0 Å². The molecular weight excluding hydrogens is 816 g/mol. The van der Waals surface area contributed by atoms with Gasteiger partial charge in [-0.15, -0.1) is 0 Å². The second kappa shape index (κ2) is 16.0. The third-order valence-electron chi connectivity index (χ3n) is 14.4. The van der Waals surface area contributed by atoms with Crippen molar-refractivity contribution in [3.05, 3.63) is 172 Å². The van der Waals surface area contributed by atoms with Gasteiger partial charge in [-0.1, -0.05) is 0 Å². The zero-order valence-electron chi connectivity index (χ0n) is 37.7. The van der Waals surface area contributed by atoms with E-state index in [0.717, 1.165) is 12.8 Å². The molecular formula is C58H63SiZr. The first kappa shape index (κ1) is 41.3. The molecule has 2 heteroatoms. The van der Waals surface area contributed by atoms with Crippen molar-refractivity contribution < 1.29 is 21.8 Å². The number of fused-ring (bicyclic) bond motifs is 5. The van der Waals surface area contributed by atoms with Gasteiger partial charge in [-0.05, 0) is 0 Å². The summed E-state index contributed by atoms with van der Waals surface area (Å²) in [6.45, 7) is 24.5. The van der Waals surface area contributed by atoms with E-state index in [1.165, 1.54) is 55.6 Å². The molecule has 0 bridgehead atoms. The quantitative estimate of drug-likeness (QED) is 0.127. The minimum atomic E-state index is -3.02. The molecule has 0 amide bonds. The number of rotatable bonds is 9. The van der Waals surface area contributed by atoms with E-state index in [0.29, 0.717) is 19.1 Å². The van der Waals surface area contributed by atoms with Gasteiger partial charge in [-0.25, -0.2) is 0 Å². The monoisotopic (exact) mass is 877 g/mol. The SMILES string of the molecule is CCC(C)c1ccccc1-c1cccc2c1C=C(C(C)(C)C)[CH]2[Zr]([c]1cccc2c1[SiH2]c1ccccc1-2)[CH]1C(C(C)(C)C)=Cc2c(-c3ccccc3C(C)CC)cccc21. The zero-order valence-corrected chi connectivity index (χ0v) is 41.6. The maximum atomic E-state index is 2.70. The Balaban J connectivity index is 1.34. The molecule has 0 saturated carbocycles. The molecule has 4 unspecified atom stereocenters. The van der Waals surface area contributed by atoms with E-state index in [1.807, 2.05) is 0 Å². The van der Waals surface area contributed by atoms with E-state index in [2.05, 4.69) is 209 Å². The molecule has 6 aromatic carbocycles. The molecule has 4 atom stereocenters. The Morgan fingerprint density at radius 2 is 0.900 bits per heavy atom. The first-order valence-corrected chi connectivity index (χ1v) is 28.3. The van der Waals surface area contributed by atoms with Crippen molar-refractivity contribution in [3.8, 4) is 33.4 Å². The Hall–Kier alpha value is -4.10. The first-order valence-electron chi connectivity index (χ1n) is 22.8. The summed E-state index contributed by atoms with van der Waals surface area (Å²) in [6.07, 6.45) is 7.67. The summed E-state index contributed by atoms with van der Waals surface area (Å²) >= 11 is -3.02. The van der Waals surface area contributed by atoms with Crippen molar-refractivity contribution in [2.45, 2.75) is 101 Å². The molecule has 9 rings (SSSR count). The Kier molecular flexibility index (Phi) is 11.0. The summed E-state index contributed by atoms with van der Waals surface area (Å²) < 4.78 is 2.58. The Morgan fingerprint density at radius 1 is 0.483 bits per heavy atom. The van der Waals surface area contributed by atoms with Gasteiger partial charge in [0, 0.05) is 0 Å².